The summed E-state index contributed by atoms with van der Waals surface area (Å²) in [4.78, 5) is 18.0. The topological polar surface area (TPSA) is 42.0 Å². The summed E-state index contributed by atoms with van der Waals surface area (Å²) in [6, 6.07) is 8.26. The van der Waals surface area contributed by atoms with Gasteiger partial charge in [-0.3, -0.25) is 4.79 Å². The van der Waals surface area contributed by atoms with Crippen LogP contribution in [0.5, 0.6) is 11.5 Å². The van der Waals surface area contributed by atoms with Gasteiger partial charge in [0, 0.05) is 37.6 Å². The SMILES string of the molecule is CCc1c2c(c(C)c(C)c1N1CCN(c3ccc(OC)cc3)CC1)OC(C)(C)C2=O. The van der Waals surface area contributed by atoms with Gasteiger partial charge in [-0.2, -0.15) is 0 Å². The van der Waals surface area contributed by atoms with E-state index < -0.39 is 5.60 Å². The van der Waals surface area contributed by atoms with E-state index in [1.54, 1.807) is 7.11 Å². The van der Waals surface area contributed by atoms with Gasteiger partial charge in [-0.05, 0) is 75.1 Å². The van der Waals surface area contributed by atoms with Crippen molar-refractivity contribution in [2.75, 3.05) is 43.1 Å². The molecule has 2 heterocycles. The first-order valence-corrected chi connectivity index (χ1v) is 10.8. The molecule has 0 bridgehead atoms. The number of piperazine rings is 1. The van der Waals surface area contributed by atoms with Crippen LogP contribution in [0, 0.1) is 13.8 Å². The molecule has 0 radical (unpaired) electrons. The number of ether oxygens (including phenoxy) is 2. The first-order valence-electron chi connectivity index (χ1n) is 10.8. The van der Waals surface area contributed by atoms with Crippen LogP contribution in [0.15, 0.2) is 24.3 Å². The molecule has 1 fully saturated rings. The molecule has 0 unspecified atom stereocenters. The van der Waals surface area contributed by atoms with Crippen LogP contribution >= 0.6 is 0 Å². The van der Waals surface area contributed by atoms with Gasteiger partial charge in [0.1, 0.15) is 11.5 Å². The van der Waals surface area contributed by atoms with E-state index >= 15 is 0 Å². The Morgan fingerprint density at radius 2 is 1.60 bits per heavy atom. The third-order valence-electron chi connectivity index (χ3n) is 6.59. The quantitative estimate of drug-likeness (QED) is 0.742. The second-order valence-electron chi connectivity index (χ2n) is 8.75. The lowest BCUT2D eigenvalue weighted by Gasteiger charge is -2.39. The van der Waals surface area contributed by atoms with Crippen molar-refractivity contribution in [1.29, 1.82) is 0 Å². The number of ketones is 1. The maximum atomic E-state index is 13.1. The van der Waals surface area contributed by atoms with Crippen molar-refractivity contribution in [2.45, 2.75) is 46.6 Å². The van der Waals surface area contributed by atoms with Crippen LogP contribution in [0.25, 0.3) is 0 Å². The third-order valence-corrected chi connectivity index (χ3v) is 6.59. The van der Waals surface area contributed by atoms with Crippen molar-refractivity contribution in [3.05, 3.63) is 46.5 Å². The highest BCUT2D eigenvalue weighted by Gasteiger charge is 2.43. The number of carbonyl (C=O) groups excluding carboxylic acids is 1. The molecule has 4 rings (SSSR count). The molecule has 5 heteroatoms. The second kappa shape index (κ2) is 7.53. The average molecular weight is 409 g/mol. The Balaban J connectivity index is 1.63. The van der Waals surface area contributed by atoms with Crippen molar-refractivity contribution >= 4 is 17.2 Å². The van der Waals surface area contributed by atoms with Gasteiger partial charge in [0.2, 0.25) is 5.78 Å². The number of nitrogens with zero attached hydrogens (tertiary/aromatic N) is 2. The van der Waals surface area contributed by atoms with Gasteiger partial charge in [-0.1, -0.05) is 6.92 Å². The summed E-state index contributed by atoms with van der Waals surface area (Å²) >= 11 is 0. The highest BCUT2D eigenvalue weighted by Crippen LogP contribution is 2.46. The Morgan fingerprint density at radius 1 is 1.00 bits per heavy atom. The smallest absolute Gasteiger partial charge is 0.209 e. The fraction of sp³-hybridized carbons (Fsp3) is 0.480. The highest BCUT2D eigenvalue weighted by molar-refractivity contribution is 6.10. The largest absolute Gasteiger partial charge is 0.497 e. The van der Waals surface area contributed by atoms with Crippen molar-refractivity contribution < 1.29 is 14.3 Å². The Kier molecular flexibility index (Phi) is 5.16. The normalized spacial score (nSPS) is 17.7. The molecule has 5 nitrogen and oxygen atoms in total. The lowest BCUT2D eigenvalue weighted by Crippen LogP contribution is -2.47. The lowest BCUT2D eigenvalue weighted by molar-refractivity contribution is 0.0682. The number of anilines is 2. The predicted molar refractivity (Wildman–Crippen MR) is 122 cm³/mol. The minimum atomic E-state index is -0.783. The molecule has 0 aromatic heterocycles. The third kappa shape index (κ3) is 3.21. The molecular formula is C25H32N2O3. The second-order valence-corrected chi connectivity index (χ2v) is 8.75. The Morgan fingerprint density at radius 3 is 2.17 bits per heavy atom. The summed E-state index contributed by atoms with van der Waals surface area (Å²) in [5, 5.41) is 0. The number of carbonyl (C=O) groups is 1. The van der Waals surface area contributed by atoms with Crippen molar-refractivity contribution in [3.8, 4) is 11.5 Å². The fourth-order valence-electron chi connectivity index (χ4n) is 4.74. The molecule has 2 aromatic carbocycles. The maximum absolute atomic E-state index is 13.1. The minimum Gasteiger partial charge on any atom is -0.497 e. The molecule has 0 atom stereocenters. The van der Waals surface area contributed by atoms with Gasteiger partial charge in [-0.25, -0.2) is 0 Å². The summed E-state index contributed by atoms with van der Waals surface area (Å²) < 4.78 is 11.4. The average Bonchev–Trinajstić information content (AvgIpc) is 3.00. The molecule has 2 aliphatic heterocycles. The fourth-order valence-corrected chi connectivity index (χ4v) is 4.74. The van der Waals surface area contributed by atoms with Crippen molar-refractivity contribution in [1.82, 2.24) is 0 Å². The van der Waals surface area contributed by atoms with E-state index in [9.17, 15) is 4.79 Å². The Bertz CT molecular complexity index is 971. The zero-order chi connectivity index (χ0) is 21.6. The Hall–Kier alpha value is -2.69. The number of hydrogen-bond donors (Lipinski definition) is 0. The summed E-state index contributed by atoms with van der Waals surface area (Å²) in [6.45, 7) is 13.9. The first-order chi connectivity index (χ1) is 14.3. The molecule has 2 aliphatic rings. The molecule has 1 saturated heterocycles. The molecule has 30 heavy (non-hydrogen) atoms. The van der Waals surface area contributed by atoms with E-state index in [4.69, 9.17) is 9.47 Å². The minimum absolute atomic E-state index is 0.107. The summed E-state index contributed by atoms with van der Waals surface area (Å²) in [5.41, 5.74) is 5.94. The molecule has 0 spiro atoms. The molecule has 0 N–H and O–H groups in total. The van der Waals surface area contributed by atoms with Crippen LogP contribution in [0.2, 0.25) is 0 Å². The molecule has 2 aromatic rings. The highest BCUT2D eigenvalue weighted by atomic mass is 16.5. The Labute approximate surface area is 179 Å². The van der Waals surface area contributed by atoms with Gasteiger partial charge in [0.25, 0.3) is 0 Å². The van der Waals surface area contributed by atoms with Crippen LogP contribution < -0.4 is 19.3 Å². The van der Waals surface area contributed by atoms with E-state index in [2.05, 4.69) is 42.7 Å². The number of benzene rings is 2. The van der Waals surface area contributed by atoms with E-state index in [1.165, 1.54) is 16.9 Å². The molecule has 160 valence electrons. The van der Waals surface area contributed by atoms with Crippen LogP contribution in [-0.2, 0) is 6.42 Å². The van der Waals surface area contributed by atoms with E-state index in [1.807, 2.05) is 26.0 Å². The summed E-state index contributed by atoms with van der Waals surface area (Å²) in [5.74, 6) is 1.78. The van der Waals surface area contributed by atoms with Gasteiger partial charge >= 0.3 is 0 Å². The number of Topliss-reactive ketones (excluding diaryl/α,β-unsaturated/α-hetero) is 1. The first kappa shape index (κ1) is 20.6. The van der Waals surface area contributed by atoms with Crippen LogP contribution in [0.4, 0.5) is 11.4 Å². The van der Waals surface area contributed by atoms with E-state index in [0.717, 1.165) is 60.8 Å². The zero-order valence-electron chi connectivity index (χ0n) is 19.0. The van der Waals surface area contributed by atoms with Crippen LogP contribution in [0.1, 0.15) is 47.8 Å². The molecule has 0 amide bonds. The molecule has 0 aliphatic carbocycles. The van der Waals surface area contributed by atoms with Crippen molar-refractivity contribution in [2.24, 2.45) is 0 Å². The van der Waals surface area contributed by atoms with Crippen molar-refractivity contribution in [3.63, 3.8) is 0 Å². The van der Waals surface area contributed by atoms with Crippen LogP contribution in [0.3, 0.4) is 0 Å². The molecule has 0 saturated carbocycles. The summed E-state index contributed by atoms with van der Waals surface area (Å²) in [7, 11) is 1.69. The van der Waals surface area contributed by atoms with E-state index in [-0.39, 0.29) is 5.78 Å². The van der Waals surface area contributed by atoms with Gasteiger partial charge in [-0.15, -0.1) is 0 Å². The number of methoxy groups -OCH3 is 1. The lowest BCUT2D eigenvalue weighted by atomic mass is 9.89. The zero-order valence-corrected chi connectivity index (χ0v) is 19.0. The van der Waals surface area contributed by atoms with E-state index in [0.29, 0.717) is 0 Å². The summed E-state index contributed by atoms with van der Waals surface area (Å²) in [6.07, 6.45) is 0.822. The monoisotopic (exact) mass is 408 g/mol. The van der Waals surface area contributed by atoms with Gasteiger partial charge in [0.05, 0.1) is 12.7 Å². The van der Waals surface area contributed by atoms with Gasteiger partial charge in [0.15, 0.2) is 5.60 Å². The maximum Gasteiger partial charge on any atom is 0.209 e. The number of hydrogen-bond acceptors (Lipinski definition) is 5. The predicted octanol–water partition coefficient (Wildman–Crippen LogP) is 4.55. The van der Waals surface area contributed by atoms with Crippen LogP contribution in [-0.4, -0.2) is 44.7 Å². The standard InChI is InChI=1S/C25H32N2O3/c1-7-20-21-23(30-25(4,5)24(21)28)17(3)16(2)22(20)27-14-12-26(13-15-27)18-8-10-19(29-6)11-9-18/h8-11H,7,12-15H2,1-6H3. The number of fused-ring (bicyclic) bond motifs is 1. The van der Waals surface area contributed by atoms with Gasteiger partial charge < -0.3 is 19.3 Å². The molecular weight excluding hydrogens is 376 g/mol. The number of rotatable bonds is 4.